The standard InChI is InChI=1S/C7H17NO9S3/c9-18(10,11)5-1-3-8(7-20(15,16)17)4-2-6-19(12,13)14/h1-7H2,(H,9,10,11)(H,12,13,14)(H,15,16,17). The largest absolute Gasteiger partial charge is 0.288 e. The molecule has 0 heterocycles. The lowest BCUT2D eigenvalue weighted by Gasteiger charge is -2.19. The van der Waals surface area contributed by atoms with Crippen LogP contribution < -0.4 is 0 Å². The molecule has 0 bridgehead atoms. The summed E-state index contributed by atoms with van der Waals surface area (Å²) in [5.41, 5.74) is 0. The van der Waals surface area contributed by atoms with Gasteiger partial charge in [0.1, 0.15) is 5.88 Å². The van der Waals surface area contributed by atoms with E-state index >= 15 is 0 Å². The minimum absolute atomic E-state index is 0.0922. The first-order valence-corrected chi connectivity index (χ1v) is 10.2. The zero-order valence-corrected chi connectivity index (χ0v) is 12.9. The van der Waals surface area contributed by atoms with Crippen molar-refractivity contribution < 1.29 is 38.9 Å². The van der Waals surface area contributed by atoms with Crippen LogP contribution in [0.1, 0.15) is 12.8 Å². The molecular weight excluding hydrogens is 338 g/mol. The lowest BCUT2D eigenvalue weighted by Crippen LogP contribution is -2.33. The molecule has 0 spiro atoms. The molecule has 0 aromatic heterocycles. The van der Waals surface area contributed by atoms with Gasteiger partial charge in [-0.25, -0.2) is 0 Å². The molecule has 0 saturated heterocycles. The van der Waals surface area contributed by atoms with Gasteiger partial charge in [0.05, 0.1) is 11.5 Å². The first-order valence-electron chi connectivity index (χ1n) is 5.36. The summed E-state index contributed by atoms with van der Waals surface area (Å²) in [7, 11) is -12.7. The Hall–Kier alpha value is -0.310. The summed E-state index contributed by atoms with van der Waals surface area (Å²) in [6.45, 7) is -0.184. The maximum atomic E-state index is 10.7. The summed E-state index contributed by atoms with van der Waals surface area (Å²) in [6.07, 6.45) is -0.194. The van der Waals surface area contributed by atoms with Gasteiger partial charge in [0.25, 0.3) is 30.4 Å². The van der Waals surface area contributed by atoms with Crippen molar-refractivity contribution >= 4 is 30.4 Å². The summed E-state index contributed by atoms with van der Waals surface area (Å²) in [4.78, 5) is 1.10. The van der Waals surface area contributed by atoms with Crippen molar-refractivity contribution in [3.63, 3.8) is 0 Å². The topological polar surface area (TPSA) is 166 Å². The lowest BCUT2D eigenvalue weighted by molar-refractivity contribution is 0.303. The van der Waals surface area contributed by atoms with Crippen LogP contribution in [-0.2, 0) is 30.4 Å². The molecule has 10 nitrogen and oxygen atoms in total. The molecular formula is C7H17NO9S3. The summed E-state index contributed by atoms with van der Waals surface area (Å²) < 4.78 is 89.2. The zero-order valence-electron chi connectivity index (χ0n) is 10.4. The van der Waals surface area contributed by atoms with Crippen molar-refractivity contribution in [2.24, 2.45) is 0 Å². The van der Waals surface area contributed by atoms with Crippen LogP contribution in [0.5, 0.6) is 0 Å². The average molecular weight is 355 g/mol. The summed E-state index contributed by atoms with van der Waals surface area (Å²) in [5.74, 6) is -1.98. The molecule has 0 radical (unpaired) electrons. The second-order valence-electron chi connectivity index (χ2n) is 4.11. The molecule has 0 aliphatic heterocycles. The number of rotatable bonds is 10. The summed E-state index contributed by atoms with van der Waals surface area (Å²) >= 11 is 0. The Morgan fingerprint density at radius 1 is 0.650 bits per heavy atom. The molecule has 0 saturated carbocycles. The second kappa shape index (κ2) is 7.63. The van der Waals surface area contributed by atoms with E-state index in [0.717, 1.165) is 4.90 Å². The molecule has 0 unspecified atom stereocenters. The van der Waals surface area contributed by atoms with Gasteiger partial charge in [-0.3, -0.25) is 18.6 Å². The fourth-order valence-corrected chi connectivity index (χ4v) is 3.12. The van der Waals surface area contributed by atoms with Crippen LogP contribution >= 0.6 is 0 Å². The smallest absolute Gasteiger partial charge is 0.278 e. The van der Waals surface area contributed by atoms with E-state index in [0.29, 0.717) is 0 Å². The molecule has 13 heteroatoms. The molecule has 0 aromatic rings. The van der Waals surface area contributed by atoms with Crippen LogP contribution in [0.2, 0.25) is 0 Å². The van der Waals surface area contributed by atoms with Crippen molar-refractivity contribution in [2.75, 3.05) is 30.5 Å². The van der Waals surface area contributed by atoms with E-state index < -0.39 is 47.7 Å². The van der Waals surface area contributed by atoms with Gasteiger partial charge in [-0.15, -0.1) is 0 Å². The predicted octanol–water partition coefficient (Wildman–Crippen LogP) is -1.31. The minimum Gasteiger partial charge on any atom is -0.288 e. The van der Waals surface area contributed by atoms with Crippen LogP contribution in [0.4, 0.5) is 0 Å². The van der Waals surface area contributed by atoms with Crippen LogP contribution in [0, 0.1) is 0 Å². The van der Waals surface area contributed by atoms with Crippen LogP contribution in [0.15, 0.2) is 0 Å². The van der Waals surface area contributed by atoms with Crippen molar-refractivity contribution in [1.82, 2.24) is 4.90 Å². The SMILES string of the molecule is O=S(=O)(O)CCCN(CCCS(=O)(=O)O)CS(=O)(=O)O. The number of hydrogen-bond donors (Lipinski definition) is 3. The molecule has 0 aliphatic rings. The Morgan fingerprint density at radius 2 is 1.00 bits per heavy atom. The maximum Gasteiger partial charge on any atom is 0.278 e. The third-order valence-electron chi connectivity index (χ3n) is 2.10. The van der Waals surface area contributed by atoms with E-state index in [2.05, 4.69) is 0 Å². The van der Waals surface area contributed by atoms with Gasteiger partial charge in [-0.1, -0.05) is 0 Å². The van der Waals surface area contributed by atoms with Gasteiger partial charge < -0.3 is 0 Å². The fourth-order valence-electron chi connectivity index (χ4n) is 1.41. The third-order valence-corrected chi connectivity index (χ3v) is 4.40. The Morgan fingerprint density at radius 3 is 1.25 bits per heavy atom. The Balaban J connectivity index is 4.42. The first-order chi connectivity index (χ1) is 8.79. The van der Waals surface area contributed by atoms with Gasteiger partial charge in [0.2, 0.25) is 0 Å². The van der Waals surface area contributed by atoms with E-state index in [1.165, 1.54) is 0 Å². The number of hydrogen-bond acceptors (Lipinski definition) is 7. The molecule has 0 atom stereocenters. The summed E-state index contributed by atoms with van der Waals surface area (Å²) in [5, 5.41) is 0. The molecule has 0 aromatic carbocycles. The Kier molecular flexibility index (Phi) is 7.51. The third kappa shape index (κ3) is 14.1. The van der Waals surface area contributed by atoms with E-state index in [9.17, 15) is 25.3 Å². The maximum absolute atomic E-state index is 10.7. The van der Waals surface area contributed by atoms with E-state index in [4.69, 9.17) is 13.7 Å². The van der Waals surface area contributed by atoms with Crippen LogP contribution in [-0.4, -0.2) is 74.3 Å². The van der Waals surface area contributed by atoms with Gasteiger partial charge in [0, 0.05) is 13.1 Å². The Bertz CT molecular complexity index is 553. The van der Waals surface area contributed by atoms with Crippen molar-refractivity contribution in [3.05, 3.63) is 0 Å². The average Bonchev–Trinajstić information content (AvgIpc) is 2.10. The molecule has 0 amide bonds. The fraction of sp³-hybridized carbons (Fsp3) is 1.00. The van der Waals surface area contributed by atoms with Crippen molar-refractivity contribution in [2.45, 2.75) is 12.8 Å². The normalized spacial score (nSPS) is 13.8. The highest BCUT2D eigenvalue weighted by Crippen LogP contribution is 2.01. The molecule has 0 fully saturated rings. The first kappa shape index (κ1) is 19.7. The highest BCUT2D eigenvalue weighted by molar-refractivity contribution is 7.86. The molecule has 20 heavy (non-hydrogen) atoms. The van der Waals surface area contributed by atoms with E-state index in [1.54, 1.807) is 0 Å². The van der Waals surface area contributed by atoms with Crippen molar-refractivity contribution in [1.29, 1.82) is 0 Å². The highest BCUT2D eigenvalue weighted by Gasteiger charge is 2.16. The molecule has 122 valence electrons. The Labute approximate surface area is 118 Å². The predicted molar refractivity (Wildman–Crippen MR) is 70.1 cm³/mol. The van der Waals surface area contributed by atoms with Gasteiger partial charge in [-0.2, -0.15) is 25.3 Å². The van der Waals surface area contributed by atoms with Gasteiger partial charge >= 0.3 is 0 Å². The second-order valence-corrected chi connectivity index (χ2v) is 8.67. The van der Waals surface area contributed by atoms with Gasteiger partial charge in [0.15, 0.2) is 0 Å². The van der Waals surface area contributed by atoms with Crippen LogP contribution in [0.3, 0.4) is 0 Å². The molecule has 0 aliphatic carbocycles. The highest BCUT2D eigenvalue weighted by atomic mass is 32.2. The number of nitrogens with zero attached hydrogens (tertiary/aromatic N) is 1. The minimum atomic E-state index is -4.35. The monoisotopic (exact) mass is 355 g/mol. The van der Waals surface area contributed by atoms with E-state index in [1.807, 2.05) is 0 Å². The lowest BCUT2D eigenvalue weighted by atomic mass is 10.4. The van der Waals surface area contributed by atoms with Crippen molar-refractivity contribution in [3.8, 4) is 0 Å². The van der Waals surface area contributed by atoms with Gasteiger partial charge in [-0.05, 0) is 12.8 Å². The molecule has 3 N–H and O–H groups in total. The quantitative estimate of drug-likeness (QED) is 0.400. The molecule has 0 rings (SSSR count). The zero-order chi connectivity index (χ0) is 16.0. The van der Waals surface area contributed by atoms with Crippen LogP contribution in [0.25, 0.3) is 0 Å². The summed E-state index contributed by atoms with van der Waals surface area (Å²) in [6, 6.07) is 0. The van der Waals surface area contributed by atoms with E-state index in [-0.39, 0.29) is 25.9 Å².